The molecule has 8 nitrogen and oxygen atoms in total. The summed E-state index contributed by atoms with van der Waals surface area (Å²) >= 11 is 0. The molecule has 2 N–H and O–H groups in total. The molecule has 0 bridgehead atoms. The number of aromatic carboxylic acids is 2. The molecule has 23 heavy (non-hydrogen) atoms. The van der Waals surface area contributed by atoms with Gasteiger partial charge in [-0.05, 0) is 30.5 Å². The molecule has 1 aromatic carbocycles. The lowest BCUT2D eigenvalue weighted by Gasteiger charge is -2.10. The van der Waals surface area contributed by atoms with Crippen LogP contribution >= 0.6 is 0 Å². The Bertz CT molecular complexity index is 785. The summed E-state index contributed by atoms with van der Waals surface area (Å²) in [7, 11) is 0. The zero-order chi connectivity index (χ0) is 17.1. The van der Waals surface area contributed by atoms with Crippen molar-refractivity contribution in [3.63, 3.8) is 0 Å². The lowest BCUT2D eigenvalue weighted by atomic mass is 10.1. The Morgan fingerprint density at radius 2 is 1.78 bits per heavy atom. The van der Waals surface area contributed by atoms with E-state index >= 15 is 0 Å². The minimum atomic E-state index is -1.25. The highest BCUT2D eigenvalue weighted by molar-refractivity contribution is 5.94. The van der Waals surface area contributed by atoms with Gasteiger partial charge in [0.25, 0.3) is 0 Å². The first-order chi connectivity index (χ1) is 10.8. The van der Waals surface area contributed by atoms with Gasteiger partial charge < -0.3 is 10.2 Å². The molecule has 1 aromatic heterocycles. The number of rotatable bonds is 5. The first-order valence-electron chi connectivity index (χ1n) is 6.80. The fourth-order valence-electron chi connectivity index (χ4n) is 2.15. The smallest absolute Gasteiger partial charge is 0.335 e. The predicted octanol–water partition coefficient (Wildman–Crippen LogP) is 1.73. The van der Waals surface area contributed by atoms with Crippen LogP contribution in [0.15, 0.2) is 18.2 Å². The van der Waals surface area contributed by atoms with E-state index in [1.807, 2.05) is 19.9 Å². The maximum absolute atomic E-state index is 11.2. The summed E-state index contributed by atoms with van der Waals surface area (Å²) in [4.78, 5) is 22.4. The highest BCUT2D eigenvalue weighted by atomic mass is 16.4. The van der Waals surface area contributed by atoms with Crippen molar-refractivity contribution < 1.29 is 19.8 Å². The summed E-state index contributed by atoms with van der Waals surface area (Å²) in [6.45, 7) is 3.91. The molecule has 0 saturated heterocycles. The molecule has 8 heteroatoms. The van der Waals surface area contributed by atoms with Gasteiger partial charge in [0.2, 0.25) is 0 Å². The van der Waals surface area contributed by atoms with Gasteiger partial charge in [-0.25, -0.2) is 14.3 Å². The molecular weight excluding hydrogens is 300 g/mol. The maximum Gasteiger partial charge on any atom is 0.335 e. The van der Waals surface area contributed by atoms with Crippen molar-refractivity contribution in [3.05, 3.63) is 40.7 Å². The van der Waals surface area contributed by atoms with Crippen LogP contribution in [0.1, 0.15) is 46.0 Å². The van der Waals surface area contributed by atoms with Crippen LogP contribution in [0.5, 0.6) is 0 Å². The van der Waals surface area contributed by atoms with Gasteiger partial charge >= 0.3 is 11.9 Å². The van der Waals surface area contributed by atoms with Crippen molar-refractivity contribution in [2.75, 3.05) is 0 Å². The molecule has 0 unspecified atom stereocenters. The van der Waals surface area contributed by atoms with E-state index in [0.717, 1.165) is 6.07 Å². The number of nitrogens with zero attached hydrogens (tertiary/aromatic N) is 4. The Morgan fingerprint density at radius 3 is 2.22 bits per heavy atom. The second-order valence-corrected chi connectivity index (χ2v) is 5.39. The van der Waals surface area contributed by atoms with Crippen LogP contribution in [0.3, 0.4) is 0 Å². The molecule has 0 amide bonds. The normalized spacial score (nSPS) is 10.5. The monoisotopic (exact) mass is 314 g/mol. The van der Waals surface area contributed by atoms with Crippen LogP contribution in [0.2, 0.25) is 0 Å². The van der Waals surface area contributed by atoms with Crippen molar-refractivity contribution in [1.29, 1.82) is 5.26 Å². The van der Waals surface area contributed by atoms with E-state index in [2.05, 4.69) is 10.3 Å². The van der Waals surface area contributed by atoms with Gasteiger partial charge in [0.1, 0.15) is 6.07 Å². The van der Waals surface area contributed by atoms with Crippen LogP contribution in [-0.4, -0.2) is 37.1 Å². The highest BCUT2D eigenvalue weighted by Crippen LogP contribution is 2.19. The number of hydrogen-bond acceptors (Lipinski definition) is 5. The molecule has 0 aliphatic heterocycles. The summed E-state index contributed by atoms with van der Waals surface area (Å²) in [6.07, 6.45) is 0.496. The molecular formula is C15H14N4O4. The van der Waals surface area contributed by atoms with E-state index in [1.165, 1.54) is 16.8 Å². The molecule has 0 saturated carbocycles. The van der Waals surface area contributed by atoms with Crippen molar-refractivity contribution >= 4 is 11.9 Å². The Hall–Kier alpha value is -3.21. The first kappa shape index (κ1) is 16.2. The third-order valence-electron chi connectivity index (χ3n) is 3.13. The molecule has 0 atom stereocenters. The molecule has 2 aromatic rings. The van der Waals surface area contributed by atoms with Crippen molar-refractivity contribution in [2.45, 2.75) is 20.3 Å². The van der Waals surface area contributed by atoms with Crippen molar-refractivity contribution in [2.24, 2.45) is 5.92 Å². The van der Waals surface area contributed by atoms with E-state index in [4.69, 9.17) is 15.5 Å². The van der Waals surface area contributed by atoms with Gasteiger partial charge in [-0.1, -0.05) is 19.1 Å². The van der Waals surface area contributed by atoms with Crippen LogP contribution < -0.4 is 0 Å². The Kier molecular flexibility index (Phi) is 4.41. The zero-order valence-electron chi connectivity index (χ0n) is 12.5. The molecule has 0 aliphatic carbocycles. The maximum atomic E-state index is 11.2. The molecule has 0 spiro atoms. The lowest BCUT2D eigenvalue weighted by Crippen LogP contribution is -2.10. The number of carboxylic acid groups (broad SMARTS) is 2. The summed E-state index contributed by atoms with van der Waals surface area (Å²) in [5.74, 6) is -2.29. The van der Waals surface area contributed by atoms with Crippen LogP contribution in [0, 0.1) is 17.2 Å². The van der Waals surface area contributed by atoms with E-state index in [-0.39, 0.29) is 28.4 Å². The number of aromatic nitrogens is 3. The van der Waals surface area contributed by atoms with Crippen LogP contribution in [-0.2, 0) is 6.42 Å². The van der Waals surface area contributed by atoms with E-state index in [9.17, 15) is 9.59 Å². The second-order valence-electron chi connectivity index (χ2n) is 5.39. The molecule has 118 valence electrons. The summed E-state index contributed by atoms with van der Waals surface area (Å²) in [5, 5.41) is 35.0. The number of benzene rings is 1. The molecule has 0 fully saturated rings. The SMILES string of the molecule is CC(C)Cc1c(C#N)nnn1-c1cc(C(=O)O)cc(C(=O)O)c1. The van der Waals surface area contributed by atoms with Gasteiger partial charge in [0.05, 0.1) is 22.5 Å². The summed E-state index contributed by atoms with van der Waals surface area (Å²) < 4.78 is 1.32. The molecule has 2 rings (SSSR count). The quantitative estimate of drug-likeness (QED) is 0.859. The largest absolute Gasteiger partial charge is 0.478 e. The minimum Gasteiger partial charge on any atom is -0.478 e. The zero-order valence-corrected chi connectivity index (χ0v) is 12.5. The standard InChI is InChI=1S/C15H14N4O4/c1-8(2)3-13-12(7-16)17-18-19(13)11-5-9(14(20)21)4-10(6-11)15(22)23/h4-6,8H,3H2,1-2H3,(H,20,21)(H,22,23). The Balaban J connectivity index is 2.67. The van der Waals surface area contributed by atoms with Crippen LogP contribution in [0.25, 0.3) is 5.69 Å². The fourth-order valence-corrected chi connectivity index (χ4v) is 2.15. The van der Waals surface area contributed by atoms with Crippen molar-refractivity contribution in [3.8, 4) is 11.8 Å². The highest BCUT2D eigenvalue weighted by Gasteiger charge is 2.18. The topological polar surface area (TPSA) is 129 Å². The van der Waals surface area contributed by atoms with Gasteiger partial charge in [-0.15, -0.1) is 5.10 Å². The number of nitriles is 1. The third kappa shape index (κ3) is 3.35. The van der Waals surface area contributed by atoms with Gasteiger partial charge in [0, 0.05) is 0 Å². The molecule has 0 radical (unpaired) electrons. The van der Waals surface area contributed by atoms with Gasteiger partial charge in [0.15, 0.2) is 5.69 Å². The van der Waals surface area contributed by atoms with Gasteiger partial charge in [-0.3, -0.25) is 0 Å². The Morgan fingerprint density at radius 1 is 1.22 bits per heavy atom. The summed E-state index contributed by atoms with van der Waals surface area (Å²) in [5.41, 5.74) is 0.540. The van der Waals surface area contributed by atoms with Gasteiger partial charge in [-0.2, -0.15) is 5.26 Å². The lowest BCUT2D eigenvalue weighted by molar-refractivity contribution is 0.0696. The second kappa shape index (κ2) is 6.27. The van der Waals surface area contributed by atoms with E-state index in [0.29, 0.717) is 12.1 Å². The average Bonchev–Trinajstić information content (AvgIpc) is 2.88. The first-order valence-corrected chi connectivity index (χ1v) is 6.80. The Labute approximate surface area is 131 Å². The summed E-state index contributed by atoms with van der Waals surface area (Å²) in [6, 6.07) is 5.61. The average molecular weight is 314 g/mol. The molecule has 0 aliphatic rings. The van der Waals surface area contributed by atoms with Crippen molar-refractivity contribution in [1.82, 2.24) is 15.0 Å². The fraction of sp³-hybridized carbons (Fsp3) is 0.267. The molecule has 1 heterocycles. The number of hydrogen-bond donors (Lipinski definition) is 2. The third-order valence-corrected chi connectivity index (χ3v) is 3.13. The van der Waals surface area contributed by atoms with E-state index in [1.54, 1.807) is 0 Å². The minimum absolute atomic E-state index is 0.135. The predicted molar refractivity (Wildman–Crippen MR) is 78.5 cm³/mol. The van der Waals surface area contributed by atoms with E-state index < -0.39 is 11.9 Å². The number of carboxylic acids is 2. The number of carbonyl (C=O) groups is 2. The van der Waals surface area contributed by atoms with Crippen LogP contribution in [0.4, 0.5) is 0 Å².